The molecule has 3 rings (SSSR count). The second kappa shape index (κ2) is 6.87. The summed E-state index contributed by atoms with van der Waals surface area (Å²) in [6.45, 7) is 4.16. The smallest absolute Gasteiger partial charge is 0.305 e. The monoisotopic (exact) mass is 350 g/mol. The number of hydrogen-bond acceptors (Lipinski definition) is 4. The van der Waals surface area contributed by atoms with Gasteiger partial charge in [-0.2, -0.15) is 0 Å². The zero-order chi connectivity index (χ0) is 18.9. The van der Waals surface area contributed by atoms with Gasteiger partial charge < -0.3 is 4.74 Å². The largest absolute Gasteiger partial charge is 0.469 e. The highest BCUT2D eigenvalue weighted by atomic mass is 16.5. The van der Waals surface area contributed by atoms with Crippen LogP contribution in [0.3, 0.4) is 0 Å². The van der Waals surface area contributed by atoms with Crippen LogP contribution in [0.1, 0.15) is 70.5 Å². The SMILES string of the molecule is COC(=O)CCCC(C)(C)c1ccc2c(c1)C(=O)c1ccccc1C2=O. The number of carbonyl (C=O) groups is 3. The number of rotatable bonds is 5. The van der Waals surface area contributed by atoms with Crippen LogP contribution in [-0.4, -0.2) is 24.6 Å². The van der Waals surface area contributed by atoms with Crippen LogP contribution in [0.4, 0.5) is 0 Å². The lowest BCUT2D eigenvalue weighted by atomic mass is 9.76. The van der Waals surface area contributed by atoms with E-state index in [1.165, 1.54) is 7.11 Å². The lowest BCUT2D eigenvalue weighted by Gasteiger charge is -2.27. The van der Waals surface area contributed by atoms with Crippen molar-refractivity contribution < 1.29 is 19.1 Å². The number of ether oxygens (including phenoxy) is 1. The summed E-state index contributed by atoms with van der Waals surface area (Å²) in [5, 5.41) is 0. The quantitative estimate of drug-likeness (QED) is 0.651. The molecule has 2 aromatic carbocycles. The summed E-state index contributed by atoms with van der Waals surface area (Å²) in [5.41, 5.74) is 2.63. The zero-order valence-electron chi connectivity index (χ0n) is 15.3. The third-order valence-corrected chi connectivity index (χ3v) is 5.12. The van der Waals surface area contributed by atoms with E-state index < -0.39 is 0 Å². The molecule has 0 radical (unpaired) electrons. The fourth-order valence-corrected chi connectivity index (χ4v) is 3.44. The van der Waals surface area contributed by atoms with Crippen molar-refractivity contribution in [1.29, 1.82) is 0 Å². The van der Waals surface area contributed by atoms with Gasteiger partial charge in [-0.05, 0) is 36.0 Å². The standard InChI is InChI=1S/C22H22O4/c1-22(2,12-6-9-19(23)26-3)14-10-11-17-18(13-14)21(25)16-8-5-4-7-15(16)20(17)24/h4-5,7-8,10-11,13H,6,9,12H2,1-3H3. The van der Waals surface area contributed by atoms with Gasteiger partial charge >= 0.3 is 5.97 Å². The van der Waals surface area contributed by atoms with Gasteiger partial charge in [-0.3, -0.25) is 14.4 Å². The Morgan fingerprint density at radius 3 is 2.12 bits per heavy atom. The first-order valence-corrected chi connectivity index (χ1v) is 8.75. The van der Waals surface area contributed by atoms with E-state index in [1.807, 2.05) is 12.1 Å². The van der Waals surface area contributed by atoms with Crippen LogP contribution >= 0.6 is 0 Å². The first-order chi connectivity index (χ1) is 12.3. The Bertz CT molecular complexity index is 893. The van der Waals surface area contributed by atoms with Crippen molar-refractivity contribution in [2.45, 2.75) is 38.5 Å². The Labute approximate surface area is 153 Å². The van der Waals surface area contributed by atoms with Crippen LogP contribution in [0.2, 0.25) is 0 Å². The van der Waals surface area contributed by atoms with Crippen LogP contribution in [0.5, 0.6) is 0 Å². The minimum atomic E-state index is -0.219. The molecule has 1 aliphatic carbocycles. The highest BCUT2D eigenvalue weighted by Crippen LogP contribution is 2.34. The van der Waals surface area contributed by atoms with Gasteiger partial charge in [-0.15, -0.1) is 0 Å². The summed E-state index contributed by atoms with van der Waals surface area (Å²) in [7, 11) is 1.39. The molecule has 0 aromatic heterocycles. The molecule has 1 aliphatic rings. The van der Waals surface area contributed by atoms with Gasteiger partial charge in [0.15, 0.2) is 11.6 Å². The van der Waals surface area contributed by atoms with Crippen molar-refractivity contribution in [3.63, 3.8) is 0 Å². The van der Waals surface area contributed by atoms with Crippen molar-refractivity contribution in [2.24, 2.45) is 0 Å². The Morgan fingerprint density at radius 1 is 0.923 bits per heavy atom. The maximum atomic E-state index is 12.9. The summed E-state index contributed by atoms with van der Waals surface area (Å²) in [4.78, 5) is 36.9. The Kier molecular flexibility index (Phi) is 4.77. The van der Waals surface area contributed by atoms with E-state index in [-0.39, 0.29) is 23.0 Å². The van der Waals surface area contributed by atoms with Crippen molar-refractivity contribution >= 4 is 17.5 Å². The van der Waals surface area contributed by atoms with E-state index in [0.717, 1.165) is 12.0 Å². The maximum Gasteiger partial charge on any atom is 0.305 e. The van der Waals surface area contributed by atoms with Gasteiger partial charge in [0.2, 0.25) is 0 Å². The second-order valence-electron chi connectivity index (χ2n) is 7.28. The van der Waals surface area contributed by atoms with Gasteiger partial charge in [0.05, 0.1) is 7.11 Å². The highest BCUT2D eigenvalue weighted by molar-refractivity contribution is 6.28. The van der Waals surface area contributed by atoms with Crippen LogP contribution in [0.25, 0.3) is 0 Å². The topological polar surface area (TPSA) is 60.4 Å². The number of carbonyl (C=O) groups excluding carboxylic acids is 3. The van der Waals surface area contributed by atoms with E-state index in [4.69, 9.17) is 0 Å². The molecule has 0 saturated carbocycles. The van der Waals surface area contributed by atoms with Crippen molar-refractivity contribution in [2.75, 3.05) is 7.11 Å². The minimum absolute atomic E-state index is 0.106. The third kappa shape index (κ3) is 3.19. The van der Waals surface area contributed by atoms with Crippen molar-refractivity contribution in [3.05, 3.63) is 70.3 Å². The normalized spacial score (nSPS) is 13.2. The van der Waals surface area contributed by atoms with Gasteiger partial charge in [0, 0.05) is 28.7 Å². The molecule has 0 fully saturated rings. The van der Waals surface area contributed by atoms with Crippen molar-refractivity contribution in [1.82, 2.24) is 0 Å². The molecule has 0 amide bonds. The number of hydrogen-bond donors (Lipinski definition) is 0. The molecule has 0 bridgehead atoms. The van der Waals surface area contributed by atoms with E-state index in [1.54, 1.807) is 30.3 Å². The summed E-state index contributed by atoms with van der Waals surface area (Å²) in [6.07, 6.45) is 1.85. The van der Waals surface area contributed by atoms with Gasteiger partial charge in [0.25, 0.3) is 0 Å². The first kappa shape index (κ1) is 18.1. The molecule has 0 aliphatic heterocycles. The van der Waals surface area contributed by atoms with Crippen LogP contribution in [0.15, 0.2) is 42.5 Å². The molecule has 0 atom stereocenters. The number of esters is 1. The molecule has 0 N–H and O–H groups in total. The lowest BCUT2D eigenvalue weighted by Crippen LogP contribution is -2.23. The van der Waals surface area contributed by atoms with E-state index in [9.17, 15) is 14.4 Å². The van der Waals surface area contributed by atoms with E-state index >= 15 is 0 Å². The molecule has 0 unspecified atom stereocenters. The molecule has 26 heavy (non-hydrogen) atoms. The second-order valence-corrected chi connectivity index (χ2v) is 7.28. The van der Waals surface area contributed by atoms with Crippen LogP contribution in [-0.2, 0) is 14.9 Å². The Hall–Kier alpha value is -2.75. The molecule has 4 nitrogen and oxygen atoms in total. The summed E-state index contributed by atoms with van der Waals surface area (Å²) in [5.74, 6) is -0.434. The maximum absolute atomic E-state index is 12.9. The average molecular weight is 350 g/mol. The molecular formula is C22H22O4. The third-order valence-electron chi connectivity index (χ3n) is 5.12. The number of benzene rings is 2. The predicted molar refractivity (Wildman–Crippen MR) is 98.6 cm³/mol. The van der Waals surface area contributed by atoms with Crippen LogP contribution in [0, 0.1) is 0 Å². The molecule has 0 saturated heterocycles. The van der Waals surface area contributed by atoms with E-state index in [2.05, 4.69) is 18.6 Å². The van der Waals surface area contributed by atoms with Crippen LogP contribution < -0.4 is 0 Å². The number of ketones is 2. The van der Waals surface area contributed by atoms with Gasteiger partial charge in [-0.25, -0.2) is 0 Å². The summed E-state index contributed by atoms with van der Waals surface area (Å²) < 4.78 is 4.68. The molecule has 4 heteroatoms. The predicted octanol–water partition coefficient (Wildman–Crippen LogP) is 4.08. The first-order valence-electron chi connectivity index (χ1n) is 8.75. The average Bonchev–Trinajstić information content (AvgIpc) is 2.65. The molecule has 0 spiro atoms. The van der Waals surface area contributed by atoms with Gasteiger partial charge in [-0.1, -0.05) is 44.2 Å². The Morgan fingerprint density at radius 2 is 1.50 bits per heavy atom. The highest BCUT2D eigenvalue weighted by Gasteiger charge is 2.31. The summed E-state index contributed by atoms with van der Waals surface area (Å²) in [6, 6.07) is 12.4. The lowest BCUT2D eigenvalue weighted by molar-refractivity contribution is -0.140. The van der Waals surface area contributed by atoms with Crippen molar-refractivity contribution in [3.8, 4) is 0 Å². The summed E-state index contributed by atoms with van der Waals surface area (Å²) >= 11 is 0. The molecular weight excluding hydrogens is 328 g/mol. The minimum Gasteiger partial charge on any atom is -0.469 e. The fourth-order valence-electron chi connectivity index (χ4n) is 3.44. The molecule has 134 valence electrons. The molecule has 0 heterocycles. The fraction of sp³-hybridized carbons (Fsp3) is 0.318. The molecule has 2 aromatic rings. The van der Waals surface area contributed by atoms with E-state index in [0.29, 0.717) is 35.1 Å². The zero-order valence-corrected chi connectivity index (χ0v) is 15.3. The van der Waals surface area contributed by atoms with Gasteiger partial charge in [0.1, 0.15) is 0 Å². The number of fused-ring (bicyclic) bond motifs is 2. The number of methoxy groups -OCH3 is 1. The Balaban J connectivity index is 1.90.